The number of hydrogen-bond donors (Lipinski definition) is 0. The van der Waals surface area contributed by atoms with Crippen LogP contribution >= 0.6 is 45.5 Å². The fraction of sp³-hybridized carbons (Fsp3) is 0.297. The molecule has 3 aromatic carbocycles. The number of halogens is 2. The van der Waals surface area contributed by atoms with Crippen LogP contribution in [0.3, 0.4) is 0 Å². The van der Waals surface area contributed by atoms with Gasteiger partial charge in [0, 0.05) is 5.02 Å². The summed E-state index contributed by atoms with van der Waals surface area (Å²) >= 11 is 9.43. The molecular weight excluding hydrogens is 811 g/mol. The summed E-state index contributed by atoms with van der Waals surface area (Å²) in [5.41, 5.74) is 2.52. The fourth-order valence-corrected chi connectivity index (χ4v) is 7.30. The number of fused-ring (bicyclic) bond motifs is 1. The van der Waals surface area contributed by atoms with Crippen LogP contribution in [0.1, 0.15) is 50.4 Å². The van der Waals surface area contributed by atoms with Gasteiger partial charge in [0.15, 0.2) is 34.4 Å². The molecular formula is C37H36ClIN2O9S. The molecule has 1 aromatic heterocycles. The van der Waals surface area contributed by atoms with E-state index < -0.39 is 18.0 Å². The first-order chi connectivity index (χ1) is 24.6. The molecule has 0 N–H and O–H groups in total. The third kappa shape index (κ3) is 8.76. The molecule has 1 atom stereocenters. The number of benzene rings is 3. The van der Waals surface area contributed by atoms with E-state index in [0.29, 0.717) is 68.4 Å². The van der Waals surface area contributed by atoms with Gasteiger partial charge in [-0.3, -0.25) is 9.36 Å². The van der Waals surface area contributed by atoms with Crippen LogP contribution in [0.4, 0.5) is 0 Å². The van der Waals surface area contributed by atoms with Crippen molar-refractivity contribution in [1.29, 1.82) is 0 Å². The van der Waals surface area contributed by atoms with E-state index in [1.807, 2.05) is 50.2 Å². The zero-order valence-electron chi connectivity index (χ0n) is 28.6. The molecule has 5 rings (SSSR count). The first-order valence-corrected chi connectivity index (χ1v) is 18.3. The third-order valence-corrected chi connectivity index (χ3v) is 9.64. The molecule has 4 aromatic rings. The van der Waals surface area contributed by atoms with E-state index in [4.69, 9.17) is 40.0 Å². The summed E-state index contributed by atoms with van der Waals surface area (Å²) in [7, 11) is 1.27. The topological polar surface area (TPSA) is 124 Å². The van der Waals surface area contributed by atoms with E-state index >= 15 is 0 Å². The lowest BCUT2D eigenvalue weighted by atomic mass is 9.95. The standard InChI is InChI=1S/C37H36ClIN2O9S/c1-6-46-28-18-24(11-14-27(28)49-20-31(42)45-5)33-32(36(44)48-8-3)21(4)40-37-41(33)35(43)30(51-37)17-23-15-26(39)34(29(16-23)47-7-2)50-19-22-9-12-25(38)13-10-22/h9-18,33H,6-8,19-20H2,1-5H3/b30-17+/t33-/m1/s1. The maximum absolute atomic E-state index is 14.3. The number of methoxy groups -OCH3 is 1. The molecule has 0 unspecified atom stereocenters. The third-order valence-electron chi connectivity index (χ3n) is 7.60. The highest BCUT2D eigenvalue weighted by atomic mass is 127. The van der Waals surface area contributed by atoms with Gasteiger partial charge in [0.25, 0.3) is 5.56 Å². The van der Waals surface area contributed by atoms with Gasteiger partial charge in [-0.2, -0.15) is 0 Å². The second-order valence-electron chi connectivity index (χ2n) is 11.0. The lowest BCUT2D eigenvalue weighted by Gasteiger charge is -2.25. The van der Waals surface area contributed by atoms with Gasteiger partial charge < -0.3 is 28.4 Å². The molecule has 0 fully saturated rings. The first-order valence-electron chi connectivity index (χ1n) is 16.1. The molecule has 2 heterocycles. The molecule has 0 radical (unpaired) electrons. The number of nitrogens with zero attached hydrogens (tertiary/aromatic N) is 2. The zero-order chi connectivity index (χ0) is 36.7. The van der Waals surface area contributed by atoms with Gasteiger partial charge in [-0.05, 0) is 109 Å². The molecule has 0 saturated heterocycles. The number of hydrogen-bond acceptors (Lipinski definition) is 11. The van der Waals surface area contributed by atoms with Crippen LogP contribution in [-0.4, -0.2) is 50.0 Å². The lowest BCUT2D eigenvalue weighted by molar-refractivity contribution is -0.143. The second-order valence-corrected chi connectivity index (χ2v) is 13.6. The summed E-state index contributed by atoms with van der Waals surface area (Å²) in [5.74, 6) is 0.609. The van der Waals surface area contributed by atoms with Crippen molar-refractivity contribution in [3.05, 3.63) is 111 Å². The smallest absolute Gasteiger partial charge is 0.343 e. The molecule has 1 aliphatic rings. The van der Waals surface area contributed by atoms with Crippen LogP contribution < -0.4 is 33.8 Å². The first kappa shape index (κ1) is 37.9. The number of ether oxygens (including phenoxy) is 6. The number of allylic oxidation sites excluding steroid dienone is 1. The molecule has 268 valence electrons. The maximum atomic E-state index is 14.3. The van der Waals surface area contributed by atoms with Crippen LogP contribution in [0.2, 0.25) is 5.02 Å². The highest BCUT2D eigenvalue weighted by molar-refractivity contribution is 14.1. The van der Waals surface area contributed by atoms with Crippen molar-refractivity contribution in [2.24, 2.45) is 4.99 Å². The minimum Gasteiger partial charge on any atom is -0.490 e. The summed E-state index contributed by atoms with van der Waals surface area (Å²) in [5, 5.41) is 0.645. The molecule has 1 aliphatic heterocycles. The van der Waals surface area contributed by atoms with Crippen LogP contribution in [0.15, 0.2) is 75.7 Å². The second kappa shape index (κ2) is 17.2. The van der Waals surface area contributed by atoms with Gasteiger partial charge in [-0.15, -0.1) is 0 Å². The van der Waals surface area contributed by atoms with E-state index in [1.54, 1.807) is 38.1 Å². The van der Waals surface area contributed by atoms with E-state index in [9.17, 15) is 14.4 Å². The molecule has 0 aliphatic carbocycles. The van der Waals surface area contributed by atoms with Crippen LogP contribution in [0.5, 0.6) is 23.0 Å². The Labute approximate surface area is 317 Å². The predicted molar refractivity (Wildman–Crippen MR) is 202 cm³/mol. The summed E-state index contributed by atoms with van der Waals surface area (Å²) in [6.45, 7) is 7.96. The Bertz CT molecular complexity index is 2140. The summed E-state index contributed by atoms with van der Waals surface area (Å²) < 4.78 is 36.5. The molecule has 0 bridgehead atoms. The molecule has 0 saturated carbocycles. The van der Waals surface area contributed by atoms with Gasteiger partial charge in [-0.1, -0.05) is 41.1 Å². The van der Waals surface area contributed by atoms with E-state index in [1.165, 1.54) is 23.0 Å². The van der Waals surface area contributed by atoms with Crippen molar-refractivity contribution in [3.8, 4) is 23.0 Å². The quantitative estimate of drug-likeness (QED) is 0.111. The van der Waals surface area contributed by atoms with Gasteiger partial charge in [0.1, 0.15) is 6.61 Å². The Morgan fingerprint density at radius 2 is 1.67 bits per heavy atom. The number of thiazole rings is 1. The monoisotopic (exact) mass is 846 g/mol. The van der Waals surface area contributed by atoms with E-state index in [0.717, 1.165) is 14.7 Å². The number of carbonyl (C=O) groups excluding carboxylic acids is 2. The predicted octanol–water partition coefficient (Wildman–Crippen LogP) is 5.98. The Morgan fingerprint density at radius 3 is 2.35 bits per heavy atom. The molecule has 0 amide bonds. The van der Waals surface area contributed by atoms with Crippen molar-refractivity contribution in [2.45, 2.75) is 40.3 Å². The maximum Gasteiger partial charge on any atom is 0.343 e. The fourth-order valence-electron chi connectivity index (χ4n) is 5.35. The van der Waals surface area contributed by atoms with E-state index in [-0.39, 0.29) is 24.3 Å². The van der Waals surface area contributed by atoms with Crippen LogP contribution in [-0.2, 0) is 25.7 Å². The van der Waals surface area contributed by atoms with Gasteiger partial charge in [-0.25, -0.2) is 14.6 Å². The largest absolute Gasteiger partial charge is 0.490 e. The number of aromatic nitrogens is 1. The summed E-state index contributed by atoms with van der Waals surface area (Å²) in [6, 6.07) is 15.3. The Balaban J connectivity index is 1.59. The average Bonchev–Trinajstić information content (AvgIpc) is 3.41. The van der Waals surface area contributed by atoms with Crippen molar-refractivity contribution in [3.63, 3.8) is 0 Å². The SMILES string of the molecule is CCOC(=O)C1=C(C)N=c2s/c(=C/c3cc(I)c(OCc4ccc(Cl)cc4)c(OCC)c3)c(=O)n2[C@@H]1c1ccc(OCC(=O)OC)c(OCC)c1. The lowest BCUT2D eigenvalue weighted by Crippen LogP contribution is -2.40. The molecule has 0 spiro atoms. The minimum absolute atomic E-state index is 0.136. The summed E-state index contributed by atoms with van der Waals surface area (Å²) in [4.78, 5) is 44.6. The van der Waals surface area contributed by atoms with Gasteiger partial charge >= 0.3 is 11.9 Å². The number of rotatable bonds is 14. The van der Waals surface area contributed by atoms with Gasteiger partial charge in [0.2, 0.25) is 0 Å². The normalized spacial score (nSPS) is 14.0. The highest BCUT2D eigenvalue weighted by Crippen LogP contribution is 2.37. The minimum atomic E-state index is -0.890. The Hall–Kier alpha value is -4.34. The zero-order valence-corrected chi connectivity index (χ0v) is 32.3. The van der Waals surface area contributed by atoms with Crippen molar-refractivity contribution < 1.29 is 38.0 Å². The molecule has 11 nitrogen and oxygen atoms in total. The molecule has 14 heteroatoms. The Kier molecular flexibility index (Phi) is 12.8. The number of esters is 2. The van der Waals surface area contributed by atoms with Gasteiger partial charge in [0.05, 0.1) is 52.3 Å². The van der Waals surface area contributed by atoms with Crippen molar-refractivity contribution in [1.82, 2.24) is 4.57 Å². The highest BCUT2D eigenvalue weighted by Gasteiger charge is 2.34. The van der Waals surface area contributed by atoms with E-state index in [2.05, 4.69) is 27.6 Å². The van der Waals surface area contributed by atoms with Crippen molar-refractivity contribution >= 4 is 63.5 Å². The van der Waals surface area contributed by atoms with Crippen molar-refractivity contribution in [2.75, 3.05) is 33.5 Å². The Morgan fingerprint density at radius 1 is 0.941 bits per heavy atom. The number of carbonyl (C=O) groups is 2. The van der Waals surface area contributed by atoms with Crippen LogP contribution in [0, 0.1) is 3.57 Å². The average molecular weight is 847 g/mol. The van der Waals surface area contributed by atoms with Crippen LogP contribution in [0.25, 0.3) is 6.08 Å². The summed E-state index contributed by atoms with van der Waals surface area (Å²) in [6.07, 6.45) is 1.77. The molecule has 51 heavy (non-hydrogen) atoms.